The van der Waals surface area contributed by atoms with Gasteiger partial charge in [0.2, 0.25) is 0 Å². The number of likely N-dealkylation sites (tertiary alicyclic amines) is 1. The van der Waals surface area contributed by atoms with E-state index in [-0.39, 0.29) is 5.56 Å². The Labute approximate surface area is 153 Å². The first kappa shape index (κ1) is 16.8. The van der Waals surface area contributed by atoms with Crippen molar-refractivity contribution >= 4 is 11.3 Å². The summed E-state index contributed by atoms with van der Waals surface area (Å²) in [4.78, 5) is 21.6. The van der Waals surface area contributed by atoms with E-state index >= 15 is 0 Å². The number of pyridine rings is 1. The summed E-state index contributed by atoms with van der Waals surface area (Å²) >= 11 is 0. The molecule has 1 fully saturated rings. The average Bonchev–Trinajstić information content (AvgIpc) is 3.10. The molecule has 0 radical (unpaired) electrons. The van der Waals surface area contributed by atoms with Gasteiger partial charge in [0.05, 0.1) is 5.69 Å². The summed E-state index contributed by atoms with van der Waals surface area (Å²) in [5.41, 5.74) is 4.09. The predicted octanol–water partition coefficient (Wildman–Crippen LogP) is 3.10. The first-order valence-corrected chi connectivity index (χ1v) is 9.10. The Morgan fingerprint density at radius 2 is 2.04 bits per heavy atom. The summed E-state index contributed by atoms with van der Waals surface area (Å²) in [5.74, 6) is 0. The van der Waals surface area contributed by atoms with Crippen molar-refractivity contribution in [3.63, 3.8) is 0 Å². The van der Waals surface area contributed by atoms with Gasteiger partial charge in [0, 0.05) is 44.6 Å². The lowest BCUT2D eigenvalue weighted by Crippen LogP contribution is -2.25. The van der Waals surface area contributed by atoms with Crippen molar-refractivity contribution in [3.8, 4) is 0 Å². The number of nitrogens with zero attached hydrogens (tertiary/aromatic N) is 4. The lowest BCUT2D eigenvalue weighted by molar-refractivity contribution is 0.245. The van der Waals surface area contributed by atoms with Gasteiger partial charge in [0.15, 0.2) is 0 Å². The highest BCUT2D eigenvalue weighted by Gasteiger charge is 2.26. The second-order valence-electron chi connectivity index (χ2n) is 7.13. The maximum absolute atomic E-state index is 12.3. The van der Waals surface area contributed by atoms with Gasteiger partial charge in [-0.2, -0.15) is 0 Å². The molecule has 1 atom stereocenters. The van der Waals surface area contributed by atoms with E-state index in [0.717, 1.165) is 18.7 Å². The van der Waals surface area contributed by atoms with Gasteiger partial charge in [-0.25, -0.2) is 4.98 Å². The van der Waals surface area contributed by atoms with Gasteiger partial charge in [-0.3, -0.25) is 14.1 Å². The molecule has 5 nitrogen and oxygen atoms in total. The van der Waals surface area contributed by atoms with Crippen molar-refractivity contribution in [1.82, 2.24) is 14.3 Å². The first-order chi connectivity index (χ1) is 12.6. The minimum atomic E-state index is -0.0176. The third kappa shape index (κ3) is 3.22. The maximum atomic E-state index is 12.3. The molecule has 0 aliphatic carbocycles. The monoisotopic (exact) mass is 348 g/mol. The zero-order valence-corrected chi connectivity index (χ0v) is 15.3. The molecule has 3 heterocycles. The molecule has 0 saturated carbocycles. The van der Waals surface area contributed by atoms with E-state index in [1.165, 1.54) is 17.7 Å². The van der Waals surface area contributed by atoms with Crippen LogP contribution in [0.3, 0.4) is 0 Å². The lowest BCUT2D eigenvalue weighted by Gasteiger charge is -2.25. The summed E-state index contributed by atoms with van der Waals surface area (Å²) in [5, 5.41) is 0. The number of anilines is 1. The highest BCUT2D eigenvalue weighted by atomic mass is 16.1. The molecule has 1 aromatic carbocycles. The van der Waals surface area contributed by atoms with Crippen molar-refractivity contribution in [3.05, 3.63) is 76.3 Å². The van der Waals surface area contributed by atoms with E-state index in [2.05, 4.69) is 53.1 Å². The minimum Gasteiger partial charge on any atom is -0.378 e. The zero-order valence-electron chi connectivity index (χ0n) is 15.3. The van der Waals surface area contributed by atoms with Crippen molar-refractivity contribution in [2.75, 3.05) is 25.5 Å². The van der Waals surface area contributed by atoms with Crippen LogP contribution in [-0.4, -0.2) is 34.9 Å². The Bertz CT molecular complexity index is 979. The Balaban J connectivity index is 1.62. The van der Waals surface area contributed by atoms with Crippen LogP contribution in [0.5, 0.6) is 0 Å². The highest BCUT2D eigenvalue weighted by molar-refractivity contribution is 5.48. The van der Waals surface area contributed by atoms with Crippen molar-refractivity contribution < 1.29 is 0 Å². The highest BCUT2D eigenvalue weighted by Crippen LogP contribution is 2.34. The van der Waals surface area contributed by atoms with Crippen LogP contribution < -0.4 is 10.5 Å². The number of fused-ring (bicyclic) bond motifs is 1. The molecule has 0 N–H and O–H groups in total. The minimum absolute atomic E-state index is 0.0176. The predicted molar refractivity (Wildman–Crippen MR) is 105 cm³/mol. The molecular weight excluding hydrogens is 324 g/mol. The third-order valence-electron chi connectivity index (χ3n) is 5.12. The summed E-state index contributed by atoms with van der Waals surface area (Å²) in [6, 6.07) is 16.4. The number of rotatable bonds is 4. The number of hydrogen-bond acceptors (Lipinski definition) is 4. The van der Waals surface area contributed by atoms with Crippen LogP contribution in [-0.2, 0) is 6.54 Å². The molecule has 1 aliphatic rings. The van der Waals surface area contributed by atoms with Crippen molar-refractivity contribution in [2.45, 2.75) is 25.4 Å². The van der Waals surface area contributed by atoms with Gasteiger partial charge in [0.1, 0.15) is 5.65 Å². The molecule has 0 amide bonds. The molecule has 3 aromatic rings. The molecule has 1 aliphatic heterocycles. The smallest absolute Gasteiger partial charge is 0.258 e. The van der Waals surface area contributed by atoms with Crippen LogP contribution >= 0.6 is 0 Å². The van der Waals surface area contributed by atoms with Gasteiger partial charge >= 0.3 is 0 Å². The van der Waals surface area contributed by atoms with Crippen LogP contribution in [0.25, 0.3) is 5.65 Å². The van der Waals surface area contributed by atoms with Crippen LogP contribution in [0.2, 0.25) is 0 Å². The molecule has 26 heavy (non-hydrogen) atoms. The van der Waals surface area contributed by atoms with Gasteiger partial charge in [0.25, 0.3) is 5.56 Å². The second-order valence-corrected chi connectivity index (χ2v) is 7.13. The van der Waals surface area contributed by atoms with E-state index < -0.39 is 0 Å². The standard InChI is InChI=1S/C21H24N4O/c1-23(2)18-8-5-7-16(13-18)19-9-6-11-24(19)15-17-14-21(26)25-12-4-3-10-20(25)22-17/h3-5,7-8,10,12-14,19H,6,9,11,15H2,1-2H3. The first-order valence-electron chi connectivity index (χ1n) is 9.10. The molecule has 5 heteroatoms. The number of hydrogen-bond donors (Lipinski definition) is 0. The molecule has 134 valence electrons. The quantitative estimate of drug-likeness (QED) is 0.726. The zero-order chi connectivity index (χ0) is 18.1. The van der Waals surface area contributed by atoms with E-state index in [1.807, 2.05) is 18.2 Å². The van der Waals surface area contributed by atoms with Crippen molar-refractivity contribution in [1.29, 1.82) is 0 Å². The van der Waals surface area contributed by atoms with Crippen LogP contribution in [0.15, 0.2) is 59.5 Å². The normalized spacial score (nSPS) is 17.7. The Morgan fingerprint density at radius 3 is 2.88 bits per heavy atom. The molecule has 2 aromatic heterocycles. The fraction of sp³-hybridized carbons (Fsp3) is 0.333. The van der Waals surface area contributed by atoms with E-state index in [0.29, 0.717) is 18.2 Å². The molecule has 1 unspecified atom stereocenters. The Kier molecular flexibility index (Phi) is 4.47. The summed E-state index contributed by atoms with van der Waals surface area (Å²) in [6.07, 6.45) is 4.08. The molecule has 1 saturated heterocycles. The van der Waals surface area contributed by atoms with E-state index in [4.69, 9.17) is 0 Å². The topological polar surface area (TPSA) is 40.9 Å². The van der Waals surface area contributed by atoms with Gasteiger partial charge in [-0.1, -0.05) is 18.2 Å². The second kappa shape index (κ2) is 6.92. The van der Waals surface area contributed by atoms with Crippen LogP contribution in [0.1, 0.15) is 30.1 Å². The molecule has 4 rings (SSSR count). The maximum Gasteiger partial charge on any atom is 0.258 e. The fourth-order valence-corrected chi connectivity index (χ4v) is 3.80. The number of benzene rings is 1. The summed E-state index contributed by atoms with van der Waals surface area (Å²) in [7, 11) is 4.13. The van der Waals surface area contributed by atoms with Crippen molar-refractivity contribution in [2.24, 2.45) is 0 Å². The van der Waals surface area contributed by atoms with Crippen LogP contribution in [0.4, 0.5) is 5.69 Å². The van der Waals surface area contributed by atoms with Gasteiger partial charge in [-0.15, -0.1) is 0 Å². The molecular formula is C21H24N4O. The third-order valence-corrected chi connectivity index (χ3v) is 5.12. The SMILES string of the molecule is CN(C)c1cccc(C2CCCN2Cc2cc(=O)n3ccccc3n2)c1. The van der Waals surface area contributed by atoms with Crippen LogP contribution in [0, 0.1) is 0 Å². The van der Waals surface area contributed by atoms with Gasteiger partial charge in [-0.05, 0) is 49.2 Å². The number of aromatic nitrogens is 2. The fourth-order valence-electron chi connectivity index (χ4n) is 3.80. The summed E-state index contributed by atoms with van der Waals surface area (Å²) < 4.78 is 1.59. The Hall–Kier alpha value is -2.66. The average molecular weight is 348 g/mol. The van der Waals surface area contributed by atoms with Gasteiger partial charge < -0.3 is 4.90 Å². The largest absolute Gasteiger partial charge is 0.378 e. The molecule has 0 spiro atoms. The Morgan fingerprint density at radius 1 is 1.15 bits per heavy atom. The molecule has 0 bridgehead atoms. The van der Waals surface area contributed by atoms with E-state index in [9.17, 15) is 4.79 Å². The lowest BCUT2D eigenvalue weighted by atomic mass is 10.0. The summed E-state index contributed by atoms with van der Waals surface area (Å²) in [6.45, 7) is 1.74. The van der Waals surface area contributed by atoms with E-state index in [1.54, 1.807) is 16.7 Å².